The normalized spacial score (nSPS) is 28.4. The number of hydrogen-bond donors (Lipinski definition) is 2. The molecule has 0 spiro atoms. The highest BCUT2D eigenvalue weighted by atomic mass is 35.5. The molecule has 2 saturated heterocycles. The van der Waals surface area contributed by atoms with E-state index in [-0.39, 0.29) is 23.9 Å². The summed E-state index contributed by atoms with van der Waals surface area (Å²) in [6.45, 7) is 6.31. The van der Waals surface area contributed by atoms with Crippen molar-refractivity contribution in [1.29, 1.82) is 0 Å². The Labute approximate surface area is 143 Å². The summed E-state index contributed by atoms with van der Waals surface area (Å²) in [4.78, 5) is 1.10. The van der Waals surface area contributed by atoms with Crippen LogP contribution in [0.5, 0.6) is 0 Å². The van der Waals surface area contributed by atoms with E-state index < -0.39 is 10.0 Å². The molecule has 7 heteroatoms. The number of halogens is 1. The van der Waals surface area contributed by atoms with Crippen LogP contribution in [-0.2, 0) is 15.4 Å². The van der Waals surface area contributed by atoms with Crippen molar-refractivity contribution < 1.29 is 8.42 Å². The van der Waals surface area contributed by atoms with Gasteiger partial charge in [0.15, 0.2) is 0 Å². The number of nitrogens with one attached hydrogen (secondary N) is 2. The highest BCUT2D eigenvalue weighted by Gasteiger charge is 2.35. The van der Waals surface area contributed by atoms with Gasteiger partial charge in [-0.25, -0.2) is 13.1 Å². The zero-order valence-corrected chi connectivity index (χ0v) is 15.7. The fraction of sp³-hybridized carbons (Fsp3) is 0.733. The van der Waals surface area contributed by atoms with Gasteiger partial charge in [0.25, 0.3) is 0 Å². The summed E-state index contributed by atoms with van der Waals surface area (Å²) in [6, 6.07) is 4.73. The molecule has 4 nitrogen and oxygen atoms in total. The number of hydrogen-bond acceptors (Lipinski definition) is 4. The average molecular weight is 365 g/mol. The zero-order chi connectivity index (χ0) is 15.3. The number of fused-ring (bicyclic) bond motifs is 2. The summed E-state index contributed by atoms with van der Waals surface area (Å²) in [6.07, 6.45) is 4.17. The number of thiophene rings is 1. The van der Waals surface area contributed by atoms with Crippen molar-refractivity contribution in [2.75, 3.05) is 0 Å². The number of piperidine rings is 1. The molecule has 0 radical (unpaired) electrons. The van der Waals surface area contributed by atoms with Crippen molar-refractivity contribution in [3.63, 3.8) is 0 Å². The summed E-state index contributed by atoms with van der Waals surface area (Å²) >= 11 is 1.39. The molecule has 3 rings (SSSR count). The monoisotopic (exact) mass is 364 g/mol. The van der Waals surface area contributed by atoms with Crippen LogP contribution < -0.4 is 10.0 Å². The maximum atomic E-state index is 12.6. The number of sulfonamides is 1. The predicted octanol–water partition coefficient (Wildman–Crippen LogP) is 3.03. The molecule has 0 amide bonds. The van der Waals surface area contributed by atoms with Gasteiger partial charge in [-0.15, -0.1) is 23.7 Å². The van der Waals surface area contributed by atoms with Gasteiger partial charge in [0, 0.05) is 23.0 Å². The first-order chi connectivity index (χ1) is 9.74. The van der Waals surface area contributed by atoms with Crippen LogP contribution in [0.3, 0.4) is 0 Å². The smallest absolute Gasteiger partial charge is 0.250 e. The Morgan fingerprint density at radius 2 is 1.77 bits per heavy atom. The van der Waals surface area contributed by atoms with E-state index in [1.807, 2.05) is 6.07 Å². The maximum absolute atomic E-state index is 12.6. The molecule has 22 heavy (non-hydrogen) atoms. The molecule has 2 fully saturated rings. The molecule has 126 valence electrons. The Morgan fingerprint density at radius 3 is 2.27 bits per heavy atom. The quantitative estimate of drug-likeness (QED) is 0.866. The lowest BCUT2D eigenvalue weighted by atomic mass is 9.95. The van der Waals surface area contributed by atoms with Crippen molar-refractivity contribution in [2.45, 2.75) is 74.2 Å². The summed E-state index contributed by atoms with van der Waals surface area (Å²) in [5.74, 6) is 0. The first-order valence-corrected chi connectivity index (χ1v) is 9.93. The van der Waals surface area contributed by atoms with Gasteiger partial charge in [0.2, 0.25) is 10.0 Å². The third kappa shape index (κ3) is 3.85. The zero-order valence-electron chi connectivity index (χ0n) is 13.3. The molecule has 0 saturated carbocycles. The highest BCUT2D eigenvalue weighted by molar-refractivity contribution is 7.91. The van der Waals surface area contributed by atoms with E-state index in [2.05, 4.69) is 30.8 Å². The van der Waals surface area contributed by atoms with Gasteiger partial charge in [-0.1, -0.05) is 20.8 Å². The first-order valence-electron chi connectivity index (χ1n) is 7.63. The van der Waals surface area contributed by atoms with E-state index in [0.29, 0.717) is 16.3 Å². The highest BCUT2D eigenvalue weighted by Crippen LogP contribution is 2.33. The standard InChI is InChI=1S/C15H24N2O2S2.ClH/c1-15(2,3)13-6-7-14(20-13)21(18,19)17-12-8-10-4-5-11(9-12)16-10;/h6-7,10-12,16-17H,4-5,8-9H2,1-3H3;1H. The predicted molar refractivity (Wildman–Crippen MR) is 93.6 cm³/mol. The number of rotatable bonds is 3. The molecule has 2 unspecified atom stereocenters. The van der Waals surface area contributed by atoms with Crippen LogP contribution in [0.2, 0.25) is 0 Å². The lowest BCUT2D eigenvalue weighted by Crippen LogP contribution is -2.47. The maximum Gasteiger partial charge on any atom is 0.250 e. The lowest BCUT2D eigenvalue weighted by molar-refractivity contribution is 0.345. The van der Waals surface area contributed by atoms with Crippen LogP contribution in [0.25, 0.3) is 0 Å². The molecular formula is C15H25ClN2O2S2. The molecule has 1 aromatic heterocycles. The summed E-state index contributed by atoms with van der Waals surface area (Å²) in [5.41, 5.74) is -0.00764. The van der Waals surface area contributed by atoms with Crippen LogP contribution in [0.4, 0.5) is 0 Å². The Bertz CT molecular complexity index is 610. The van der Waals surface area contributed by atoms with E-state index in [0.717, 1.165) is 17.7 Å². The molecule has 2 bridgehead atoms. The van der Waals surface area contributed by atoms with Crippen molar-refractivity contribution in [3.05, 3.63) is 17.0 Å². The van der Waals surface area contributed by atoms with Crippen LogP contribution in [-0.4, -0.2) is 26.5 Å². The van der Waals surface area contributed by atoms with Gasteiger partial charge in [-0.05, 0) is 43.2 Å². The van der Waals surface area contributed by atoms with Crippen LogP contribution >= 0.6 is 23.7 Å². The van der Waals surface area contributed by atoms with Crippen molar-refractivity contribution in [1.82, 2.24) is 10.0 Å². The van der Waals surface area contributed by atoms with Crippen molar-refractivity contribution >= 4 is 33.8 Å². The fourth-order valence-corrected chi connectivity index (χ4v) is 5.94. The van der Waals surface area contributed by atoms with Gasteiger partial charge >= 0.3 is 0 Å². The molecule has 2 aliphatic heterocycles. The lowest BCUT2D eigenvalue weighted by Gasteiger charge is -2.29. The SMILES string of the molecule is CC(C)(C)c1ccc(S(=O)(=O)NC2CC3CCC(C2)N3)s1.Cl. The van der Waals surface area contributed by atoms with Crippen LogP contribution in [0.1, 0.15) is 51.3 Å². The third-order valence-electron chi connectivity index (χ3n) is 4.38. The molecule has 0 aromatic carbocycles. The second-order valence-electron chi connectivity index (χ2n) is 7.30. The second kappa shape index (κ2) is 6.40. The van der Waals surface area contributed by atoms with Gasteiger partial charge in [0.1, 0.15) is 4.21 Å². The summed E-state index contributed by atoms with van der Waals surface area (Å²) in [7, 11) is -3.38. The average Bonchev–Trinajstić information content (AvgIpc) is 2.95. The summed E-state index contributed by atoms with van der Waals surface area (Å²) < 4.78 is 28.5. The van der Waals surface area contributed by atoms with Crippen LogP contribution in [0, 0.1) is 0 Å². The minimum absolute atomic E-state index is 0. The largest absolute Gasteiger partial charge is 0.311 e. The van der Waals surface area contributed by atoms with Gasteiger partial charge in [-0.3, -0.25) is 0 Å². The van der Waals surface area contributed by atoms with Crippen LogP contribution in [0.15, 0.2) is 16.3 Å². The summed E-state index contributed by atoms with van der Waals surface area (Å²) in [5, 5.41) is 3.54. The third-order valence-corrected chi connectivity index (χ3v) is 7.90. The van der Waals surface area contributed by atoms with Gasteiger partial charge in [0.05, 0.1) is 0 Å². The van der Waals surface area contributed by atoms with E-state index >= 15 is 0 Å². The second-order valence-corrected chi connectivity index (χ2v) is 10.3. The molecule has 0 aliphatic carbocycles. The van der Waals surface area contributed by atoms with Gasteiger partial charge in [-0.2, -0.15) is 0 Å². The molecule has 3 heterocycles. The minimum atomic E-state index is -3.38. The molecule has 2 N–H and O–H groups in total. The Morgan fingerprint density at radius 1 is 1.18 bits per heavy atom. The topological polar surface area (TPSA) is 58.2 Å². The van der Waals surface area contributed by atoms with E-state index in [1.54, 1.807) is 6.07 Å². The molecule has 2 aliphatic rings. The van der Waals surface area contributed by atoms with Crippen molar-refractivity contribution in [2.24, 2.45) is 0 Å². The Kier molecular flexibility index (Phi) is 5.29. The molecule has 2 atom stereocenters. The minimum Gasteiger partial charge on any atom is -0.311 e. The van der Waals surface area contributed by atoms with E-state index in [1.165, 1.54) is 24.2 Å². The van der Waals surface area contributed by atoms with E-state index in [4.69, 9.17) is 0 Å². The fourth-order valence-electron chi connectivity index (χ4n) is 3.30. The first kappa shape index (κ1) is 18.2. The van der Waals surface area contributed by atoms with E-state index in [9.17, 15) is 8.42 Å². The van der Waals surface area contributed by atoms with Crippen molar-refractivity contribution in [3.8, 4) is 0 Å². The Hall–Kier alpha value is -0.140. The molecule has 1 aromatic rings. The van der Waals surface area contributed by atoms with Gasteiger partial charge < -0.3 is 5.32 Å². The molecular weight excluding hydrogens is 340 g/mol. The Balaban J connectivity index is 0.00000176.